The molecule has 0 bridgehead atoms. The number of Topliss-reactive ketones (excluding diaryl/α,β-unsaturated/α-hetero) is 1. The van der Waals surface area contributed by atoms with Crippen LogP contribution >= 0.6 is 0 Å². The second kappa shape index (κ2) is 6.24. The third kappa shape index (κ3) is 3.60. The van der Waals surface area contributed by atoms with Crippen LogP contribution in [0.5, 0.6) is 0 Å². The SMILES string of the molecule is CC(=O)CC=C(c1ccc(F)cc1)c1ccc(F)cc1. The normalized spacial score (nSPS) is 10.2. The number of hydrogen-bond donors (Lipinski definition) is 0. The molecule has 3 heteroatoms. The van der Waals surface area contributed by atoms with Gasteiger partial charge < -0.3 is 0 Å². The molecule has 0 saturated carbocycles. The van der Waals surface area contributed by atoms with Crippen LogP contribution in [-0.2, 0) is 4.79 Å². The highest BCUT2D eigenvalue weighted by atomic mass is 19.1. The number of rotatable bonds is 4. The van der Waals surface area contributed by atoms with Crippen molar-refractivity contribution in [2.45, 2.75) is 13.3 Å². The minimum absolute atomic E-state index is 0.0340. The van der Waals surface area contributed by atoms with E-state index >= 15 is 0 Å². The van der Waals surface area contributed by atoms with E-state index in [9.17, 15) is 13.6 Å². The highest BCUT2D eigenvalue weighted by Gasteiger charge is 2.06. The van der Waals surface area contributed by atoms with E-state index < -0.39 is 0 Å². The molecule has 0 N–H and O–H groups in total. The van der Waals surface area contributed by atoms with E-state index in [0.717, 1.165) is 16.7 Å². The molecule has 0 radical (unpaired) electrons. The van der Waals surface area contributed by atoms with Crippen molar-refractivity contribution < 1.29 is 13.6 Å². The summed E-state index contributed by atoms with van der Waals surface area (Å²) in [5.74, 6) is -0.607. The Bertz CT molecular complexity index is 578. The minimum Gasteiger partial charge on any atom is -0.300 e. The van der Waals surface area contributed by atoms with Gasteiger partial charge in [-0.1, -0.05) is 30.3 Å². The van der Waals surface area contributed by atoms with Gasteiger partial charge in [0, 0.05) is 6.42 Å². The monoisotopic (exact) mass is 272 g/mol. The summed E-state index contributed by atoms with van der Waals surface area (Å²) < 4.78 is 26.0. The van der Waals surface area contributed by atoms with Crippen LogP contribution in [0.2, 0.25) is 0 Å². The standard InChI is InChI=1S/C17H14F2O/c1-12(20)2-11-17(13-3-7-15(18)8-4-13)14-5-9-16(19)10-6-14/h3-11H,2H2,1H3. The van der Waals surface area contributed by atoms with Crippen LogP contribution in [0.15, 0.2) is 54.6 Å². The maximum Gasteiger partial charge on any atom is 0.133 e. The smallest absolute Gasteiger partial charge is 0.133 e. The van der Waals surface area contributed by atoms with Crippen LogP contribution in [0.25, 0.3) is 5.57 Å². The zero-order valence-electron chi connectivity index (χ0n) is 11.1. The lowest BCUT2D eigenvalue weighted by atomic mass is 9.96. The molecule has 0 saturated heterocycles. The summed E-state index contributed by atoms with van der Waals surface area (Å²) in [6, 6.07) is 12.0. The van der Waals surface area contributed by atoms with Gasteiger partial charge in [-0.15, -0.1) is 0 Å². The van der Waals surface area contributed by atoms with Crippen LogP contribution in [-0.4, -0.2) is 5.78 Å². The van der Waals surface area contributed by atoms with Crippen LogP contribution in [0.3, 0.4) is 0 Å². The second-order valence-corrected chi connectivity index (χ2v) is 4.54. The fourth-order valence-corrected chi connectivity index (χ4v) is 1.91. The van der Waals surface area contributed by atoms with Crippen LogP contribution < -0.4 is 0 Å². The molecule has 2 rings (SSSR count). The number of carbonyl (C=O) groups is 1. The maximum absolute atomic E-state index is 13.0. The lowest BCUT2D eigenvalue weighted by molar-refractivity contribution is -0.116. The van der Waals surface area contributed by atoms with Crippen molar-refractivity contribution in [2.75, 3.05) is 0 Å². The molecule has 0 aliphatic rings. The second-order valence-electron chi connectivity index (χ2n) is 4.54. The Morgan fingerprint density at radius 2 is 1.30 bits per heavy atom. The first kappa shape index (κ1) is 14.1. The van der Waals surface area contributed by atoms with Crippen molar-refractivity contribution in [3.63, 3.8) is 0 Å². The van der Waals surface area contributed by atoms with Crippen LogP contribution in [0.1, 0.15) is 24.5 Å². The van der Waals surface area contributed by atoms with E-state index in [4.69, 9.17) is 0 Å². The summed E-state index contributed by atoms with van der Waals surface area (Å²) in [7, 11) is 0. The number of allylic oxidation sites excluding steroid dienone is 1. The quantitative estimate of drug-likeness (QED) is 0.807. The van der Waals surface area contributed by atoms with Crippen LogP contribution in [0.4, 0.5) is 8.78 Å². The molecule has 0 unspecified atom stereocenters. The Labute approximate surface area is 116 Å². The van der Waals surface area contributed by atoms with Crippen molar-refractivity contribution in [1.82, 2.24) is 0 Å². The zero-order valence-corrected chi connectivity index (χ0v) is 11.1. The Morgan fingerprint density at radius 1 is 0.900 bits per heavy atom. The van der Waals surface area contributed by atoms with E-state index in [1.165, 1.54) is 31.2 Å². The van der Waals surface area contributed by atoms with Gasteiger partial charge in [-0.05, 0) is 47.9 Å². The molecule has 0 aliphatic heterocycles. The molecule has 0 atom stereocenters. The van der Waals surface area contributed by atoms with Gasteiger partial charge in [-0.2, -0.15) is 0 Å². The average molecular weight is 272 g/mol. The lowest BCUT2D eigenvalue weighted by Gasteiger charge is -2.08. The highest BCUT2D eigenvalue weighted by molar-refractivity contribution is 5.84. The van der Waals surface area contributed by atoms with E-state index in [2.05, 4.69) is 0 Å². The summed E-state index contributed by atoms with van der Waals surface area (Å²) in [4.78, 5) is 11.2. The number of hydrogen-bond acceptors (Lipinski definition) is 1. The van der Waals surface area contributed by atoms with Gasteiger partial charge in [0.1, 0.15) is 17.4 Å². The lowest BCUT2D eigenvalue weighted by Crippen LogP contribution is -1.92. The van der Waals surface area contributed by atoms with Crippen molar-refractivity contribution in [3.05, 3.63) is 77.4 Å². The summed E-state index contributed by atoms with van der Waals surface area (Å²) in [5, 5.41) is 0. The molecular weight excluding hydrogens is 258 g/mol. The third-order valence-electron chi connectivity index (χ3n) is 2.90. The minimum atomic E-state index is -0.321. The molecule has 0 heterocycles. The van der Waals surface area contributed by atoms with Crippen molar-refractivity contribution >= 4 is 11.4 Å². The first-order valence-corrected chi connectivity index (χ1v) is 6.28. The summed E-state index contributed by atoms with van der Waals surface area (Å²) in [5.41, 5.74) is 2.37. The van der Waals surface area contributed by atoms with Crippen molar-refractivity contribution in [2.24, 2.45) is 0 Å². The summed E-state index contributed by atoms with van der Waals surface area (Å²) >= 11 is 0. The molecule has 0 fully saturated rings. The zero-order chi connectivity index (χ0) is 14.5. The molecule has 1 nitrogen and oxygen atoms in total. The molecule has 0 spiro atoms. The van der Waals surface area contributed by atoms with Gasteiger partial charge in [-0.25, -0.2) is 8.78 Å². The average Bonchev–Trinajstić information content (AvgIpc) is 2.42. The van der Waals surface area contributed by atoms with E-state index in [1.807, 2.05) is 0 Å². The fraction of sp³-hybridized carbons (Fsp3) is 0.118. The molecule has 0 amide bonds. The van der Waals surface area contributed by atoms with Crippen molar-refractivity contribution in [3.8, 4) is 0 Å². The Hall–Kier alpha value is -2.29. The van der Waals surface area contributed by atoms with E-state index in [-0.39, 0.29) is 23.8 Å². The molecule has 102 valence electrons. The molecule has 2 aromatic rings. The molecular formula is C17H14F2O. The van der Waals surface area contributed by atoms with Gasteiger partial charge in [0.2, 0.25) is 0 Å². The topological polar surface area (TPSA) is 17.1 Å². The number of ketones is 1. The highest BCUT2D eigenvalue weighted by Crippen LogP contribution is 2.24. The van der Waals surface area contributed by atoms with Crippen molar-refractivity contribution in [1.29, 1.82) is 0 Å². The van der Waals surface area contributed by atoms with Gasteiger partial charge in [0.05, 0.1) is 0 Å². The summed E-state index contributed by atoms with van der Waals surface area (Å²) in [6.07, 6.45) is 2.06. The number of benzene rings is 2. The van der Waals surface area contributed by atoms with Gasteiger partial charge in [0.15, 0.2) is 0 Å². The van der Waals surface area contributed by atoms with E-state index in [1.54, 1.807) is 30.3 Å². The Kier molecular flexibility index (Phi) is 4.41. The maximum atomic E-state index is 13.0. The van der Waals surface area contributed by atoms with E-state index in [0.29, 0.717) is 0 Å². The van der Waals surface area contributed by atoms with Crippen LogP contribution in [0, 0.1) is 11.6 Å². The fourth-order valence-electron chi connectivity index (χ4n) is 1.91. The molecule has 2 aromatic carbocycles. The Morgan fingerprint density at radius 3 is 1.65 bits per heavy atom. The predicted octanol–water partition coefficient (Wildman–Crippen LogP) is 4.38. The number of carbonyl (C=O) groups excluding carboxylic acids is 1. The van der Waals surface area contributed by atoms with Gasteiger partial charge >= 0.3 is 0 Å². The number of halogens is 2. The summed E-state index contributed by atoms with van der Waals surface area (Å²) in [6.45, 7) is 1.50. The molecule has 0 aliphatic carbocycles. The predicted molar refractivity (Wildman–Crippen MR) is 75.2 cm³/mol. The largest absolute Gasteiger partial charge is 0.300 e. The molecule has 0 aromatic heterocycles. The Balaban J connectivity index is 2.44. The first-order chi connectivity index (χ1) is 9.56. The molecule has 20 heavy (non-hydrogen) atoms. The van der Waals surface area contributed by atoms with Gasteiger partial charge in [-0.3, -0.25) is 4.79 Å². The first-order valence-electron chi connectivity index (χ1n) is 6.28. The third-order valence-corrected chi connectivity index (χ3v) is 2.90. The van der Waals surface area contributed by atoms with Gasteiger partial charge in [0.25, 0.3) is 0 Å².